The van der Waals surface area contributed by atoms with E-state index >= 15 is 0 Å². The number of hydrogen-bond acceptors (Lipinski definition) is 2. The van der Waals surface area contributed by atoms with Crippen LogP contribution >= 0.6 is 11.6 Å². The predicted octanol–water partition coefficient (Wildman–Crippen LogP) is 1.62. The summed E-state index contributed by atoms with van der Waals surface area (Å²) in [6.45, 7) is -0.211. The molecule has 0 aliphatic carbocycles. The third kappa shape index (κ3) is 1.62. The molecule has 0 saturated heterocycles. The quantitative estimate of drug-likeness (QED) is 0.715. The average Bonchev–Trinajstić information content (AvgIpc) is 2.08. The van der Waals surface area contributed by atoms with Crippen molar-refractivity contribution in [3.63, 3.8) is 0 Å². The van der Waals surface area contributed by atoms with Crippen LogP contribution in [0.2, 0.25) is 5.02 Å². The fraction of sp³-hybridized carbons (Fsp3) is 0.125. The number of carbonyl (C=O) groups is 1. The van der Waals surface area contributed by atoms with Gasteiger partial charge in [0.15, 0.2) is 11.6 Å². The molecule has 12 heavy (non-hydrogen) atoms. The van der Waals surface area contributed by atoms with Gasteiger partial charge in [-0.25, -0.2) is 4.39 Å². The number of benzene rings is 1. The molecule has 0 aliphatic heterocycles. The topological polar surface area (TPSA) is 43.1 Å². The molecule has 64 valence electrons. The summed E-state index contributed by atoms with van der Waals surface area (Å²) < 4.78 is 13.0. The molecule has 1 aromatic rings. The van der Waals surface area contributed by atoms with E-state index < -0.39 is 11.6 Å². The van der Waals surface area contributed by atoms with Crippen LogP contribution in [0.3, 0.4) is 0 Å². The van der Waals surface area contributed by atoms with Gasteiger partial charge in [-0.1, -0.05) is 17.7 Å². The fourth-order valence-corrected chi connectivity index (χ4v) is 1.00. The van der Waals surface area contributed by atoms with Gasteiger partial charge in [0.25, 0.3) is 0 Å². The van der Waals surface area contributed by atoms with Crippen molar-refractivity contribution in [2.75, 3.05) is 6.54 Å². The monoisotopic (exact) mass is 187 g/mol. The van der Waals surface area contributed by atoms with Gasteiger partial charge in [0, 0.05) is 0 Å². The highest BCUT2D eigenvalue weighted by molar-refractivity contribution is 6.31. The summed E-state index contributed by atoms with van der Waals surface area (Å²) in [5.74, 6) is -1.15. The Morgan fingerprint density at radius 3 is 2.83 bits per heavy atom. The van der Waals surface area contributed by atoms with Gasteiger partial charge < -0.3 is 5.73 Å². The minimum Gasteiger partial charge on any atom is -0.324 e. The van der Waals surface area contributed by atoms with Crippen molar-refractivity contribution < 1.29 is 9.18 Å². The van der Waals surface area contributed by atoms with Gasteiger partial charge >= 0.3 is 0 Å². The Labute approximate surface area is 74.1 Å². The van der Waals surface area contributed by atoms with E-state index in [9.17, 15) is 9.18 Å². The van der Waals surface area contributed by atoms with Gasteiger partial charge in [0.05, 0.1) is 17.1 Å². The van der Waals surface area contributed by atoms with Crippen LogP contribution in [0.25, 0.3) is 0 Å². The minimum atomic E-state index is -0.699. The average molecular weight is 188 g/mol. The molecule has 2 nitrogen and oxygen atoms in total. The van der Waals surface area contributed by atoms with Crippen molar-refractivity contribution in [3.8, 4) is 0 Å². The molecule has 0 aliphatic rings. The summed E-state index contributed by atoms with van der Waals surface area (Å²) in [4.78, 5) is 11.0. The van der Waals surface area contributed by atoms with Crippen molar-refractivity contribution in [1.29, 1.82) is 0 Å². The molecule has 2 N–H and O–H groups in total. The van der Waals surface area contributed by atoms with Crippen molar-refractivity contribution in [3.05, 3.63) is 34.6 Å². The highest BCUT2D eigenvalue weighted by Gasteiger charge is 2.11. The van der Waals surface area contributed by atoms with Gasteiger partial charge in [0.2, 0.25) is 0 Å². The lowest BCUT2D eigenvalue weighted by atomic mass is 10.1. The van der Waals surface area contributed by atoms with E-state index in [1.54, 1.807) is 0 Å². The Kier molecular flexibility index (Phi) is 2.78. The smallest absolute Gasteiger partial charge is 0.179 e. The zero-order valence-corrected chi connectivity index (χ0v) is 6.94. The van der Waals surface area contributed by atoms with E-state index in [0.717, 1.165) is 0 Å². The van der Waals surface area contributed by atoms with Crippen LogP contribution in [0.5, 0.6) is 0 Å². The molecule has 1 rings (SSSR count). The van der Waals surface area contributed by atoms with Crippen LogP contribution in [0.1, 0.15) is 10.4 Å². The fourth-order valence-electron chi connectivity index (χ4n) is 0.829. The second-order valence-corrected chi connectivity index (χ2v) is 2.64. The van der Waals surface area contributed by atoms with E-state index in [2.05, 4.69) is 0 Å². The number of halogens is 2. The van der Waals surface area contributed by atoms with Gasteiger partial charge in [-0.2, -0.15) is 0 Å². The zero-order chi connectivity index (χ0) is 9.14. The summed E-state index contributed by atoms with van der Waals surface area (Å²) in [5, 5.41) is -0.0608. The molecule has 0 unspecified atom stereocenters. The molecule has 0 atom stereocenters. The third-order valence-electron chi connectivity index (χ3n) is 1.44. The summed E-state index contributed by atoms with van der Waals surface area (Å²) in [6.07, 6.45) is 0. The van der Waals surface area contributed by atoms with Crippen LogP contribution in [-0.2, 0) is 0 Å². The first-order valence-corrected chi connectivity index (χ1v) is 3.72. The highest BCUT2D eigenvalue weighted by atomic mass is 35.5. The minimum absolute atomic E-state index is 0.0509. The van der Waals surface area contributed by atoms with Gasteiger partial charge in [0.1, 0.15) is 0 Å². The first-order chi connectivity index (χ1) is 5.66. The molecule has 0 radical (unpaired) electrons. The highest BCUT2D eigenvalue weighted by Crippen LogP contribution is 2.17. The zero-order valence-electron chi connectivity index (χ0n) is 6.18. The molecular weight excluding hydrogens is 181 g/mol. The van der Waals surface area contributed by atoms with Crippen LogP contribution in [0.4, 0.5) is 4.39 Å². The molecule has 0 amide bonds. The summed E-state index contributed by atoms with van der Waals surface area (Å²) in [6, 6.07) is 4.24. The Hall–Kier alpha value is -0.930. The van der Waals surface area contributed by atoms with Crippen molar-refractivity contribution in [2.45, 2.75) is 0 Å². The Bertz CT molecular complexity index is 314. The van der Waals surface area contributed by atoms with Gasteiger partial charge in [-0.3, -0.25) is 4.79 Å². The van der Waals surface area contributed by atoms with Gasteiger partial charge in [-0.05, 0) is 12.1 Å². The third-order valence-corrected chi connectivity index (χ3v) is 1.73. The molecule has 0 heterocycles. The molecule has 0 aromatic heterocycles. The maximum atomic E-state index is 13.0. The van der Waals surface area contributed by atoms with Crippen molar-refractivity contribution in [2.24, 2.45) is 5.73 Å². The standard InChI is InChI=1S/C8H7ClFNO/c9-6-3-1-2-5(8(6)10)7(12)4-11/h1-3H,4,11H2. The lowest BCUT2D eigenvalue weighted by molar-refractivity contribution is 0.0997. The normalized spacial score (nSPS) is 9.92. The van der Waals surface area contributed by atoms with Crippen LogP contribution in [-0.4, -0.2) is 12.3 Å². The molecule has 0 saturated carbocycles. The lowest BCUT2D eigenvalue weighted by Gasteiger charge is -2.00. The second-order valence-electron chi connectivity index (χ2n) is 2.23. The van der Waals surface area contributed by atoms with E-state index in [0.29, 0.717) is 0 Å². The number of ketones is 1. The second kappa shape index (κ2) is 3.65. The van der Waals surface area contributed by atoms with Crippen LogP contribution < -0.4 is 5.73 Å². The van der Waals surface area contributed by atoms with Crippen molar-refractivity contribution >= 4 is 17.4 Å². The lowest BCUT2D eigenvalue weighted by Crippen LogP contribution is -2.15. The summed E-state index contributed by atoms with van der Waals surface area (Å²) in [5.41, 5.74) is 5.01. The first kappa shape index (κ1) is 9.16. The molecule has 4 heteroatoms. The van der Waals surface area contributed by atoms with E-state index in [1.165, 1.54) is 18.2 Å². The maximum absolute atomic E-state index is 13.0. The van der Waals surface area contributed by atoms with E-state index in [1.807, 2.05) is 0 Å². The number of carbonyl (C=O) groups excluding carboxylic acids is 1. The predicted molar refractivity (Wildman–Crippen MR) is 44.8 cm³/mol. The van der Waals surface area contributed by atoms with Crippen molar-refractivity contribution in [1.82, 2.24) is 0 Å². The number of rotatable bonds is 2. The van der Waals surface area contributed by atoms with E-state index in [-0.39, 0.29) is 17.1 Å². The molecule has 1 aromatic carbocycles. The largest absolute Gasteiger partial charge is 0.324 e. The van der Waals surface area contributed by atoms with E-state index in [4.69, 9.17) is 17.3 Å². The van der Waals surface area contributed by atoms with Gasteiger partial charge in [-0.15, -0.1) is 0 Å². The SMILES string of the molecule is NCC(=O)c1cccc(Cl)c1F. The summed E-state index contributed by atoms with van der Waals surface area (Å²) in [7, 11) is 0. The Morgan fingerprint density at radius 1 is 1.58 bits per heavy atom. The number of hydrogen-bond donors (Lipinski definition) is 1. The molecule has 0 bridgehead atoms. The van der Waals surface area contributed by atoms with Crippen LogP contribution in [0, 0.1) is 5.82 Å². The van der Waals surface area contributed by atoms with Crippen LogP contribution in [0.15, 0.2) is 18.2 Å². The molecule has 0 spiro atoms. The Balaban J connectivity index is 3.16. The maximum Gasteiger partial charge on any atom is 0.179 e. The molecule has 0 fully saturated rings. The number of nitrogens with two attached hydrogens (primary N) is 1. The number of Topliss-reactive ketones (excluding diaryl/α,β-unsaturated/α-hetero) is 1. The molecular formula is C8H7ClFNO. The Morgan fingerprint density at radius 2 is 2.25 bits per heavy atom. The summed E-state index contributed by atoms with van der Waals surface area (Å²) >= 11 is 5.45. The first-order valence-electron chi connectivity index (χ1n) is 3.34.